The zero-order valence-electron chi connectivity index (χ0n) is 12.3. The van der Waals surface area contributed by atoms with Crippen LogP contribution in [0.3, 0.4) is 0 Å². The molecule has 0 aromatic carbocycles. The Kier molecular flexibility index (Phi) is 4.44. The molecule has 108 valence electrons. The maximum atomic E-state index is 12.4. The molecule has 4 nitrogen and oxygen atoms in total. The quantitative estimate of drug-likeness (QED) is 0.858. The summed E-state index contributed by atoms with van der Waals surface area (Å²) in [6, 6.07) is 5.90. The van der Waals surface area contributed by atoms with Gasteiger partial charge in [0.25, 0.3) is 0 Å². The van der Waals surface area contributed by atoms with Crippen molar-refractivity contribution in [3.63, 3.8) is 0 Å². The van der Waals surface area contributed by atoms with Gasteiger partial charge in [0.15, 0.2) is 0 Å². The monoisotopic (exact) mass is 291 g/mol. The van der Waals surface area contributed by atoms with Crippen molar-refractivity contribution in [2.24, 2.45) is 0 Å². The minimum Gasteiger partial charge on any atom is -0.353 e. The average Bonchev–Trinajstić information content (AvgIpc) is 2.48. The van der Waals surface area contributed by atoms with E-state index in [1.54, 1.807) is 0 Å². The van der Waals surface area contributed by atoms with Crippen molar-refractivity contribution in [1.29, 1.82) is 5.26 Å². The first-order valence-electron chi connectivity index (χ1n) is 7.07. The van der Waals surface area contributed by atoms with Crippen LogP contribution in [-0.2, 0) is 10.8 Å². The summed E-state index contributed by atoms with van der Waals surface area (Å²) >= 11 is 0. The van der Waals surface area contributed by atoms with Gasteiger partial charge in [-0.2, -0.15) is 5.26 Å². The molecule has 1 unspecified atom stereocenters. The summed E-state index contributed by atoms with van der Waals surface area (Å²) in [6.07, 6.45) is 1.78. The minimum absolute atomic E-state index is 0.170. The van der Waals surface area contributed by atoms with Crippen LogP contribution in [-0.4, -0.2) is 32.8 Å². The highest BCUT2D eigenvalue weighted by Gasteiger charge is 2.39. The van der Waals surface area contributed by atoms with Gasteiger partial charge in [0, 0.05) is 35.3 Å². The van der Waals surface area contributed by atoms with E-state index in [4.69, 9.17) is 0 Å². The third kappa shape index (κ3) is 2.57. The number of anilines is 1. The number of hydrogen-bond donors (Lipinski definition) is 0. The summed E-state index contributed by atoms with van der Waals surface area (Å²) in [5.41, 5.74) is 1.51. The van der Waals surface area contributed by atoms with Crippen molar-refractivity contribution in [1.82, 2.24) is 4.98 Å². The van der Waals surface area contributed by atoms with Crippen molar-refractivity contribution in [3.8, 4) is 6.07 Å². The third-order valence-electron chi connectivity index (χ3n) is 4.23. The van der Waals surface area contributed by atoms with E-state index in [1.165, 1.54) is 0 Å². The predicted octanol–water partition coefficient (Wildman–Crippen LogP) is 2.39. The summed E-state index contributed by atoms with van der Waals surface area (Å²) in [5.74, 6) is 1.40. The largest absolute Gasteiger partial charge is 0.353 e. The van der Waals surface area contributed by atoms with Crippen LogP contribution in [0.25, 0.3) is 0 Å². The molecule has 1 aromatic rings. The molecule has 1 aliphatic heterocycles. The molecule has 0 N–H and O–H groups in total. The first-order valence-corrected chi connectivity index (χ1v) is 8.39. The van der Waals surface area contributed by atoms with Gasteiger partial charge in [0.1, 0.15) is 11.9 Å². The predicted molar refractivity (Wildman–Crippen MR) is 82.2 cm³/mol. The molecule has 1 saturated heterocycles. The highest BCUT2D eigenvalue weighted by molar-refractivity contribution is 7.86. The third-order valence-corrected chi connectivity index (χ3v) is 6.46. The summed E-state index contributed by atoms with van der Waals surface area (Å²) in [6.45, 7) is 7.55. The molecule has 0 saturated carbocycles. The van der Waals surface area contributed by atoms with Crippen LogP contribution in [0, 0.1) is 18.3 Å². The Balaban J connectivity index is 2.38. The molecule has 2 rings (SSSR count). The molecule has 1 aromatic heterocycles. The van der Waals surface area contributed by atoms with Gasteiger partial charge in [-0.15, -0.1) is 0 Å². The maximum Gasteiger partial charge on any atom is 0.146 e. The molecule has 0 radical (unpaired) electrons. The average molecular weight is 291 g/mol. The standard InChI is InChI=1S/C15H21N3OS/c1-4-15(5-2)11-18(8-9-20(15)19)14-13(10-16)7-6-12(3)17-14/h6-7H,4-5,8-9,11H2,1-3H3. The Bertz CT molecular complexity index is 561. The van der Waals surface area contributed by atoms with Gasteiger partial charge in [-0.05, 0) is 31.9 Å². The van der Waals surface area contributed by atoms with Crippen molar-refractivity contribution in [2.45, 2.75) is 38.4 Å². The van der Waals surface area contributed by atoms with Crippen molar-refractivity contribution < 1.29 is 4.21 Å². The number of pyridine rings is 1. The van der Waals surface area contributed by atoms with Gasteiger partial charge >= 0.3 is 0 Å². The van der Waals surface area contributed by atoms with E-state index in [2.05, 4.69) is 29.8 Å². The first kappa shape index (κ1) is 15.0. The fourth-order valence-electron chi connectivity index (χ4n) is 2.76. The molecule has 0 spiro atoms. The van der Waals surface area contributed by atoms with E-state index < -0.39 is 10.8 Å². The van der Waals surface area contributed by atoms with Crippen LogP contribution in [0.5, 0.6) is 0 Å². The van der Waals surface area contributed by atoms with E-state index in [0.29, 0.717) is 17.9 Å². The number of aryl methyl sites for hydroxylation is 1. The molecule has 2 heterocycles. The highest BCUT2D eigenvalue weighted by atomic mass is 32.2. The maximum absolute atomic E-state index is 12.4. The Morgan fingerprint density at radius 3 is 2.75 bits per heavy atom. The molecule has 5 heteroatoms. The smallest absolute Gasteiger partial charge is 0.146 e. The van der Waals surface area contributed by atoms with E-state index in [-0.39, 0.29) is 4.75 Å². The molecular formula is C15H21N3OS. The first-order chi connectivity index (χ1) is 9.56. The van der Waals surface area contributed by atoms with Crippen LogP contribution in [0.4, 0.5) is 5.82 Å². The molecule has 0 aliphatic carbocycles. The molecule has 20 heavy (non-hydrogen) atoms. The Labute approximate surface area is 123 Å². The van der Waals surface area contributed by atoms with Gasteiger partial charge in [-0.25, -0.2) is 4.98 Å². The van der Waals surface area contributed by atoms with Gasteiger partial charge in [0.2, 0.25) is 0 Å². The molecule has 1 aliphatic rings. The fraction of sp³-hybridized carbons (Fsp3) is 0.600. The number of rotatable bonds is 3. The van der Waals surface area contributed by atoms with Crippen molar-refractivity contribution >= 4 is 16.6 Å². The van der Waals surface area contributed by atoms with Gasteiger partial charge in [-0.1, -0.05) is 13.8 Å². The van der Waals surface area contributed by atoms with Gasteiger partial charge in [-0.3, -0.25) is 4.21 Å². The summed E-state index contributed by atoms with van der Waals surface area (Å²) < 4.78 is 12.2. The van der Waals surface area contributed by atoms with E-state index in [1.807, 2.05) is 19.1 Å². The Morgan fingerprint density at radius 2 is 2.15 bits per heavy atom. The lowest BCUT2D eigenvalue weighted by Gasteiger charge is -2.41. The zero-order valence-corrected chi connectivity index (χ0v) is 13.2. The zero-order chi connectivity index (χ0) is 14.8. The highest BCUT2D eigenvalue weighted by Crippen LogP contribution is 2.31. The second kappa shape index (κ2) is 5.92. The van der Waals surface area contributed by atoms with Gasteiger partial charge in [0.05, 0.1) is 10.3 Å². The molecule has 1 fully saturated rings. The SMILES string of the molecule is CCC1(CC)CN(c2nc(C)ccc2C#N)CCS1=O. The van der Waals surface area contributed by atoms with Crippen LogP contribution >= 0.6 is 0 Å². The number of hydrogen-bond acceptors (Lipinski definition) is 4. The summed E-state index contributed by atoms with van der Waals surface area (Å²) in [7, 11) is -0.797. The van der Waals surface area contributed by atoms with Crippen LogP contribution in [0.1, 0.15) is 37.9 Å². The molecular weight excluding hydrogens is 270 g/mol. The number of nitriles is 1. The Hall–Kier alpha value is -1.41. The van der Waals surface area contributed by atoms with Crippen LogP contribution in [0.15, 0.2) is 12.1 Å². The lowest BCUT2D eigenvalue weighted by Crippen LogP contribution is -2.53. The summed E-state index contributed by atoms with van der Waals surface area (Å²) in [4.78, 5) is 6.67. The second-order valence-electron chi connectivity index (χ2n) is 5.30. The van der Waals surface area contributed by atoms with E-state index in [9.17, 15) is 9.47 Å². The lowest BCUT2D eigenvalue weighted by atomic mass is 10.0. The van der Waals surface area contributed by atoms with E-state index in [0.717, 1.165) is 30.9 Å². The summed E-state index contributed by atoms with van der Waals surface area (Å²) in [5, 5.41) is 9.26. The number of aromatic nitrogens is 1. The number of nitrogens with zero attached hydrogens (tertiary/aromatic N) is 3. The minimum atomic E-state index is -0.797. The second-order valence-corrected chi connectivity index (χ2v) is 7.26. The van der Waals surface area contributed by atoms with Crippen LogP contribution in [0.2, 0.25) is 0 Å². The van der Waals surface area contributed by atoms with E-state index >= 15 is 0 Å². The topological polar surface area (TPSA) is 57.0 Å². The van der Waals surface area contributed by atoms with Crippen molar-refractivity contribution in [3.05, 3.63) is 23.4 Å². The Morgan fingerprint density at radius 1 is 1.45 bits per heavy atom. The molecule has 0 amide bonds. The molecule has 1 atom stereocenters. The van der Waals surface area contributed by atoms with Crippen LogP contribution < -0.4 is 4.90 Å². The normalized spacial score (nSPS) is 21.5. The fourth-order valence-corrected chi connectivity index (χ4v) is 4.52. The van der Waals surface area contributed by atoms with Gasteiger partial charge < -0.3 is 4.90 Å². The lowest BCUT2D eigenvalue weighted by molar-refractivity contribution is 0.494. The van der Waals surface area contributed by atoms with Crippen molar-refractivity contribution in [2.75, 3.05) is 23.7 Å². The molecule has 0 bridgehead atoms.